The second-order valence-corrected chi connectivity index (χ2v) is 15.1. The molecule has 8 aromatic rings. The zero-order chi connectivity index (χ0) is 49.4. The number of rotatable bonds is 15. The smallest absolute Gasteiger partial charge is 0.230 e. The molecule has 0 unspecified atom stereocenters. The molecule has 0 aliphatic heterocycles. The van der Waals surface area contributed by atoms with Gasteiger partial charge in [-0.05, 0) is 57.5 Å². The number of aliphatic hydroxyl groups excluding tert-OH is 2. The van der Waals surface area contributed by atoms with Crippen LogP contribution in [0.1, 0.15) is 45.2 Å². The molecule has 0 atom stereocenters. The lowest BCUT2D eigenvalue weighted by molar-refractivity contribution is -0.0276. The summed E-state index contributed by atoms with van der Waals surface area (Å²) < 4.78 is 21.3. The summed E-state index contributed by atoms with van der Waals surface area (Å²) in [6.07, 6.45) is 1.25. The Kier molecular flexibility index (Phi) is 21.2. The first-order chi connectivity index (χ1) is 33.6. The lowest BCUT2D eigenvalue weighted by Gasteiger charge is -2.14. The fraction of sp³-hybridized carbons (Fsp3) is 0.236. The molecule has 0 radical (unpaired) electrons. The maximum atomic E-state index is 11.2. The van der Waals surface area contributed by atoms with Crippen molar-refractivity contribution in [2.45, 2.75) is 48.0 Å². The predicted octanol–water partition coefficient (Wildman–Crippen LogP) is 10.9. The van der Waals surface area contributed by atoms with E-state index in [2.05, 4.69) is 18.6 Å². The zero-order valence-electron chi connectivity index (χ0n) is 39.9. The standard InChI is InChI=1S/C45H34N6O4.C5H12O3.C3H8.C2H6O/c1-28-13-12-20-33(23-28)43-47-42(32-18-10-5-11-19-32)48-44(51-43)35-22-21-34(25-37(35)52)54-27-55-39-26-38(53)36(24-29(39)2)45-49-40(30-14-6-3-7-15-30)46-41(50-45)31-16-8-4-9-17-31;1-2-7-3-4-8-5-6;1-3-2;1-2-3/h3-26,52-53H,27H2,1-2H3;6H,2-5H2,1H3;3H2,1-2H3;3H,2H2,1H3. The van der Waals surface area contributed by atoms with Gasteiger partial charge in [0.05, 0.1) is 24.3 Å². The van der Waals surface area contributed by atoms with Crippen LogP contribution in [0, 0.1) is 13.8 Å². The van der Waals surface area contributed by atoms with Gasteiger partial charge in [0.2, 0.25) is 6.79 Å². The Morgan fingerprint density at radius 3 is 1.38 bits per heavy atom. The van der Waals surface area contributed by atoms with E-state index in [0.29, 0.717) is 77.4 Å². The van der Waals surface area contributed by atoms with Crippen LogP contribution < -0.4 is 9.47 Å². The Hall–Kier alpha value is -7.62. The van der Waals surface area contributed by atoms with E-state index in [1.807, 2.05) is 136 Å². The molecule has 0 saturated heterocycles. The van der Waals surface area contributed by atoms with Gasteiger partial charge in [0.15, 0.2) is 34.9 Å². The Morgan fingerprint density at radius 2 is 0.899 bits per heavy atom. The summed E-state index contributed by atoms with van der Waals surface area (Å²) in [5, 5.41) is 38.0. The van der Waals surface area contributed by atoms with Crippen molar-refractivity contribution in [3.8, 4) is 91.3 Å². The topological polar surface area (TPSA) is 195 Å². The normalized spacial score (nSPS) is 10.4. The van der Waals surface area contributed by atoms with E-state index in [1.54, 1.807) is 25.1 Å². The third kappa shape index (κ3) is 15.7. The molecule has 358 valence electrons. The van der Waals surface area contributed by atoms with Crippen molar-refractivity contribution in [3.05, 3.63) is 157 Å². The molecule has 6 aromatic carbocycles. The summed E-state index contributed by atoms with van der Waals surface area (Å²) >= 11 is 0. The number of phenols is 2. The number of aromatic hydroxyl groups is 2. The van der Waals surface area contributed by atoms with Gasteiger partial charge >= 0.3 is 0 Å². The molecule has 69 heavy (non-hydrogen) atoms. The fourth-order valence-corrected chi connectivity index (χ4v) is 6.34. The van der Waals surface area contributed by atoms with Crippen LogP contribution in [0.4, 0.5) is 0 Å². The highest BCUT2D eigenvalue weighted by Crippen LogP contribution is 2.36. The van der Waals surface area contributed by atoms with Gasteiger partial charge in [-0.15, -0.1) is 0 Å². The lowest BCUT2D eigenvalue weighted by Crippen LogP contribution is -2.07. The van der Waals surface area contributed by atoms with Crippen LogP contribution in [0.3, 0.4) is 0 Å². The largest absolute Gasteiger partial charge is 0.507 e. The molecule has 14 nitrogen and oxygen atoms in total. The first kappa shape index (κ1) is 52.4. The summed E-state index contributed by atoms with van der Waals surface area (Å²) in [6.45, 7) is 13.3. The number of hydrogen-bond donors (Lipinski definition) is 4. The monoisotopic (exact) mass is 932 g/mol. The maximum Gasteiger partial charge on any atom is 0.230 e. The number of nitrogens with zero attached hydrogens (tertiary/aromatic N) is 6. The van der Waals surface area contributed by atoms with Gasteiger partial charge in [0.25, 0.3) is 0 Å². The third-order valence-electron chi connectivity index (χ3n) is 9.49. The average molecular weight is 933 g/mol. The molecule has 0 fully saturated rings. The van der Waals surface area contributed by atoms with E-state index in [4.69, 9.17) is 54.3 Å². The van der Waals surface area contributed by atoms with E-state index in [1.165, 1.54) is 18.6 Å². The Labute approximate surface area is 404 Å². The molecule has 0 amide bonds. The van der Waals surface area contributed by atoms with E-state index in [0.717, 1.165) is 33.4 Å². The minimum absolute atomic E-state index is 0.0657. The van der Waals surface area contributed by atoms with Crippen LogP contribution in [0.25, 0.3) is 68.3 Å². The molecule has 2 heterocycles. The summed E-state index contributed by atoms with van der Waals surface area (Å²) in [4.78, 5) is 28.4. The van der Waals surface area contributed by atoms with Crippen molar-refractivity contribution in [1.29, 1.82) is 0 Å². The second-order valence-electron chi connectivity index (χ2n) is 15.1. The molecule has 0 aliphatic rings. The highest BCUT2D eigenvalue weighted by atomic mass is 16.7. The highest BCUT2D eigenvalue weighted by Gasteiger charge is 2.18. The summed E-state index contributed by atoms with van der Waals surface area (Å²) in [5.74, 6) is 3.24. The zero-order valence-corrected chi connectivity index (χ0v) is 39.9. The van der Waals surface area contributed by atoms with Crippen molar-refractivity contribution >= 4 is 0 Å². The molecule has 0 spiro atoms. The highest BCUT2D eigenvalue weighted by molar-refractivity contribution is 5.72. The van der Waals surface area contributed by atoms with Gasteiger partial charge in [-0.25, -0.2) is 29.9 Å². The van der Waals surface area contributed by atoms with Crippen LogP contribution in [0.5, 0.6) is 23.0 Å². The van der Waals surface area contributed by atoms with Crippen LogP contribution in [-0.4, -0.2) is 90.3 Å². The first-order valence-electron chi connectivity index (χ1n) is 22.7. The molecule has 0 bridgehead atoms. The average Bonchev–Trinajstić information content (AvgIpc) is 3.37. The molecule has 2 aromatic heterocycles. The quantitative estimate of drug-likeness (QED) is 0.0560. The first-order valence-corrected chi connectivity index (χ1v) is 22.7. The van der Waals surface area contributed by atoms with Crippen molar-refractivity contribution in [3.63, 3.8) is 0 Å². The Morgan fingerprint density at radius 1 is 0.449 bits per heavy atom. The van der Waals surface area contributed by atoms with Gasteiger partial charge in [-0.2, -0.15) is 0 Å². The third-order valence-corrected chi connectivity index (χ3v) is 9.49. The summed E-state index contributed by atoms with van der Waals surface area (Å²) in [5.41, 5.74) is 5.98. The molecule has 14 heteroatoms. The number of aromatic nitrogens is 6. The molecule has 0 saturated carbocycles. The van der Waals surface area contributed by atoms with E-state index in [9.17, 15) is 10.2 Å². The maximum absolute atomic E-state index is 11.2. The van der Waals surface area contributed by atoms with E-state index >= 15 is 0 Å². The summed E-state index contributed by atoms with van der Waals surface area (Å²) in [7, 11) is 0. The van der Waals surface area contributed by atoms with Gasteiger partial charge < -0.3 is 39.4 Å². The predicted molar refractivity (Wildman–Crippen MR) is 269 cm³/mol. The number of benzene rings is 6. The lowest BCUT2D eigenvalue weighted by atomic mass is 10.1. The van der Waals surface area contributed by atoms with Crippen molar-refractivity contribution < 1.29 is 39.4 Å². The molecular weight excluding hydrogens is 873 g/mol. The molecule has 4 N–H and O–H groups in total. The van der Waals surface area contributed by atoms with Gasteiger partial charge in [-0.3, -0.25) is 0 Å². The number of aryl methyl sites for hydroxylation is 2. The number of hydrogen-bond acceptors (Lipinski definition) is 14. The minimum Gasteiger partial charge on any atom is -0.507 e. The van der Waals surface area contributed by atoms with Crippen molar-refractivity contribution in [2.75, 3.05) is 40.0 Å². The van der Waals surface area contributed by atoms with E-state index < -0.39 is 0 Å². The second kappa shape index (κ2) is 27.9. The minimum atomic E-state index is -0.215. The number of aliphatic hydroxyl groups is 2. The Bertz CT molecular complexity index is 2720. The van der Waals surface area contributed by atoms with E-state index in [-0.39, 0.29) is 31.7 Å². The molecule has 8 rings (SSSR count). The van der Waals surface area contributed by atoms with Gasteiger partial charge in [0, 0.05) is 47.6 Å². The number of ether oxygens (including phenoxy) is 4. The van der Waals surface area contributed by atoms with Crippen LogP contribution in [0.2, 0.25) is 0 Å². The van der Waals surface area contributed by atoms with Crippen LogP contribution in [-0.2, 0) is 9.47 Å². The fourth-order valence-electron chi connectivity index (χ4n) is 6.34. The van der Waals surface area contributed by atoms with Crippen LogP contribution >= 0.6 is 0 Å². The molecular formula is C55H60N6O8. The van der Waals surface area contributed by atoms with Gasteiger partial charge in [0.1, 0.15) is 29.8 Å². The Balaban J connectivity index is 0.000000560. The molecule has 0 aliphatic carbocycles. The van der Waals surface area contributed by atoms with Gasteiger partial charge in [-0.1, -0.05) is 135 Å². The van der Waals surface area contributed by atoms with Crippen LogP contribution in [0.15, 0.2) is 146 Å². The number of phenolic OH excluding ortho intramolecular Hbond substituents is 2. The summed E-state index contributed by atoms with van der Waals surface area (Å²) in [6, 6.07) is 45.0. The van der Waals surface area contributed by atoms with Crippen molar-refractivity contribution in [1.82, 2.24) is 29.9 Å². The van der Waals surface area contributed by atoms with Crippen molar-refractivity contribution in [2.24, 2.45) is 0 Å². The SMILES string of the molecule is CCC.CCO.CCOCCOCO.Cc1cccc(-c2nc(-c3ccccc3)nc(-c3ccc(OCOc4cc(O)c(-c5nc(-c6ccccc6)nc(-c6ccccc6)n5)cc4C)cc3O)n2)c1.